The molecule has 1 aliphatic rings. The Morgan fingerprint density at radius 2 is 2.44 bits per heavy atom. The van der Waals surface area contributed by atoms with E-state index in [1.54, 1.807) is 0 Å². The lowest BCUT2D eigenvalue weighted by atomic mass is 10.3. The van der Waals surface area contributed by atoms with Crippen molar-refractivity contribution >= 4 is 23.5 Å². The van der Waals surface area contributed by atoms with Gasteiger partial charge in [-0.25, -0.2) is 0 Å². The van der Waals surface area contributed by atoms with Crippen LogP contribution in [0.15, 0.2) is 10.7 Å². The van der Waals surface area contributed by atoms with Crippen LogP contribution < -0.4 is 5.32 Å². The molecular weight excluding hydrogens is 254 g/mol. The van der Waals surface area contributed by atoms with Crippen LogP contribution in [0.2, 0.25) is 0 Å². The summed E-state index contributed by atoms with van der Waals surface area (Å²) >= 11 is 1.05. The van der Waals surface area contributed by atoms with E-state index in [1.165, 1.54) is 6.20 Å². The molecule has 0 radical (unpaired) electrons. The maximum atomic E-state index is 11.6. The van der Waals surface area contributed by atoms with Crippen molar-refractivity contribution in [3.8, 4) is 0 Å². The van der Waals surface area contributed by atoms with E-state index in [4.69, 9.17) is 4.52 Å². The first-order chi connectivity index (χ1) is 8.81. The molecule has 0 unspecified atom stereocenters. The average molecular weight is 265 g/mol. The molecule has 94 valence electrons. The second-order valence-corrected chi connectivity index (χ2v) is 4.72. The Morgan fingerprint density at radius 1 is 1.56 bits per heavy atom. The number of nitrogens with one attached hydrogen (secondary N) is 1. The number of amides is 1. The predicted molar refractivity (Wildman–Crippen MR) is 63.1 cm³/mol. The van der Waals surface area contributed by atoms with Gasteiger partial charge in [-0.2, -0.15) is 13.7 Å². The molecule has 1 aliphatic carbocycles. The van der Waals surface area contributed by atoms with Crippen LogP contribution in [0.1, 0.15) is 36.9 Å². The van der Waals surface area contributed by atoms with Gasteiger partial charge in [0.1, 0.15) is 0 Å². The third-order valence-electron chi connectivity index (χ3n) is 2.62. The molecule has 3 rings (SSSR count). The summed E-state index contributed by atoms with van der Waals surface area (Å²) in [5, 5.41) is 6.54. The van der Waals surface area contributed by atoms with Crippen LogP contribution in [-0.4, -0.2) is 24.8 Å². The Bertz CT molecular complexity index is 534. The van der Waals surface area contributed by atoms with E-state index in [1.807, 2.05) is 0 Å². The summed E-state index contributed by atoms with van der Waals surface area (Å²) in [6, 6.07) is 0. The first-order valence-electron chi connectivity index (χ1n) is 5.71. The van der Waals surface area contributed by atoms with Gasteiger partial charge in [-0.1, -0.05) is 5.16 Å². The Hall–Kier alpha value is -1.83. The van der Waals surface area contributed by atoms with Crippen molar-refractivity contribution in [2.45, 2.75) is 31.6 Å². The molecule has 0 atom stereocenters. The van der Waals surface area contributed by atoms with Crippen molar-refractivity contribution in [1.29, 1.82) is 0 Å². The van der Waals surface area contributed by atoms with Gasteiger partial charge in [0.25, 0.3) is 0 Å². The molecule has 1 N–H and O–H groups in total. The monoisotopic (exact) mass is 265 g/mol. The topological polar surface area (TPSA) is 93.8 Å². The van der Waals surface area contributed by atoms with Gasteiger partial charge >= 0.3 is 0 Å². The fourth-order valence-electron chi connectivity index (χ4n) is 1.52. The number of aromatic nitrogens is 4. The van der Waals surface area contributed by atoms with Crippen LogP contribution in [0.3, 0.4) is 0 Å². The molecule has 18 heavy (non-hydrogen) atoms. The highest BCUT2D eigenvalue weighted by Gasteiger charge is 2.28. The Balaban J connectivity index is 1.49. The minimum absolute atomic E-state index is 0.131. The van der Waals surface area contributed by atoms with Gasteiger partial charge in [0.05, 0.1) is 17.9 Å². The molecule has 2 heterocycles. The van der Waals surface area contributed by atoms with E-state index < -0.39 is 0 Å². The molecule has 1 saturated carbocycles. The number of hydrogen-bond acceptors (Lipinski definition) is 7. The predicted octanol–water partition coefficient (Wildman–Crippen LogP) is 1.37. The lowest BCUT2D eigenvalue weighted by Gasteiger charge is -1.98. The van der Waals surface area contributed by atoms with E-state index in [-0.39, 0.29) is 5.91 Å². The molecule has 0 saturated heterocycles. The summed E-state index contributed by atoms with van der Waals surface area (Å²) in [7, 11) is 0. The number of aryl methyl sites for hydroxylation is 1. The van der Waals surface area contributed by atoms with Crippen molar-refractivity contribution in [2.24, 2.45) is 0 Å². The van der Waals surface area contributed by atoms with E-state index in [0.717, 1.165) is 30.4 Å². The van der Waals surface area contributed by atoms with Gasteiger partial charge in [-0.3, -0.25) is 4.79 Å². The molecule has 0 aliphatic heterocycles. The normalized spacial score (nSPS) is 14.7. The molecule has 0 bridgehead atoms. The van der Waals surface area contributed by atoms with Crippen molar-refractivity contribution in [1.82, 2.24) is 18.9 Å². The molecular formula is C10H11N5O2S. The Kier molecular flexibility index (Phi) is 3.01. The maximum absolute atomic E-state index is 11.6. The molecule has 2 aromatic heterocycles. The van der Waals surface area contributed by atoms with Crippen molar-refractivity contribution in [3.63, 3.8) is 0 Å². The summed E-state index contributed by atoms with van der Waals surface area (Å²) < 4.78 is 12.8. The third kappa shape index (κ3) is 2.70. The molecule has 1 fully saturated rings. The van der Waals surface area contributed by atoms with Crippen LogP contribution in [0.4, 0.5) is 5.82 Å². The summed E-state index contributed by atoms with van der Waals surface area (Å²) in [6.07, 6.45) is 4.53. The molecule has 0 aromatic carbocycles. The summed E-state index contributed by atoms with van der Waals surface area (Å²) in [6.45, 7) is 0. The summed E-state index contributed by atoms with van der Waals surface area (Å²) in [5.41, 5.74) is 0. The van der Waals surface area contributed by atoms with Crippen LogP contribution in [0.25, 0.3) is 0 Å². The first kappa shape index (κ1) is 11.3. The fourth-order valence-corrected chi connectivity index (χ4v) is 1.90. The number of anilines is 1. The zero-order valence-corrected chi connectivity index (χ0v) is 10.3. The minimum Gasteiger partial charge on any atom is -0.339 e. The van der Waals surface area contributed by atoms with Crippen LogP contribution in [0.5, 0.6) is 0 Å². The molecule has 1 amide bonds. The van der Waals surface area contributed by atoms with E-state index in [0.29, 0.717) is 30.5 Å². The van der Waals surface area contributed by atoms with Gasteiger partial charge in [-0.15, -0.1) is 0 Å². The highest BCUT2D eigenvalue weighted by atomic mass is 32.1. The third-order valence-corrected chi connectivity index (χ3v) is 3.10. The average Bonchev–Trinajstić information content (AvgIpc) is 2.90. The molecule has 7 nitrogen and oxygen atoms in total. The maximum Gasteiger partial charge on any atom is 0.227 e. The van der Waals surface area contributed by atoms with Gasteiger partial charge in [0.2, 0.25) is 11.8 Å². The molecule has 8 heteroatoms. The zero-order chi connectivity index (χ0) is 12.4. The lowest BCUT2D eigenvalue weighted by molar-refractivity contribution is -0.116. The second-order valence-electron chi connectivity index (χ2n) is 4.16. The number of carbonyl (C=O) groups excluding carboxylic acids is 1. The van der Waals surface area contributed by atoms with E-state index in [2.05, 4.69) is 24.2 Å². The SMILES string of the molecule is O=C(CCc1nc(C2CC2)no1)Nc1cnsn1. The number of nitrogens with zero attached hydrogens (tertiary/aromatic N) is 4. The van der Waals surface area contributed by atoms with Gasteiger partial charge in [0.15, 0.2) is 11.6 Å². The quantitative estimate of drug-likeness (QED) is 0.877. The Labute approximate surface area is 107 Å². The van der Waals surface area contributed by atoms with Crippen LogP contribution in [0, 0.1) is 0 Å². The van der Waals surface area contributed by atoms with Crippen molar-refractivity contribution < 1.29 is 9.32 Å². The molecule has 2 aromatic rings. The Morgan fingerprint density at radius 3 is 3.17 bits per heavy atom. The second kappa shape index (κ2) is 4.81. The highest BCUT2D eigenvalue weighted by Crippen LogP contribution is 2.38. The minimum atomic E-state index is -0.131. The summed E-state index contributed by atoms with van der Waals surface area (Å²) in [4.78, 5) is 15.8. The van der Waals surface area contributed by atoms with Crippen molar-refractivity contribution in [2.75, 3.05) is 5.32 Å². The standard InChI is InChI=1S/C10H11N5O2S/c16-8(12-7-5-11-18-15-7)3-4-9-13-10(14-17-9)6-1-2-6/h5-6H,1-4H2,(H,12,15,16). The van der Waals surface area contributed by atoms with Crippen molar-refractivity contribution in [3.05, 3.63) is 17.9 Å². The van der Waals surface area contributed by atoms with Crippen LogP contribution in [-0.2, 0) is 11.2 Å². The highest BCUT2D eigenvalue weighted by molar-refractivity contribution is 6.99. The fraction of sp³-hybridized carbons (Fsp3) is 0.500. The first-order valence-corrected chi connectivity index (χ1v) is 6.44. The lowest BCUT2D eigenvalue weighted by Crippen LogP contribution is -2.12. The van der Waals surface area contributed by atoms with E-state index >= 15 is 0 Å². The smallest absolute Gasteiger partial charge is 0.227 e. The van der Waals surface area contributed by atoms with Gasteiger partial charge in [0, 0.05) is 18.8 Å². The molecule has 0 spiro atoms. The van der Waals surface area contributed by atoms with Gasteiger partial charge < -0.3 is 9.84 Å². The van der Waals surface area contributed by atoms with E-state index in [9.17, 15) is 4.79 Å². The number of rotatable bonds is 5. The zero-order valence-electron chi connectivity index (χ0n) is 9.50. The van der Waals surface area contributed by atoms with Crippen LogP contribution >= 0.6 is 11.7 Å². The largest absolute Gasteiger partial charge is 0.339 e. The number of hydrogen-bond donors (Lipinski definition) is 1. The van der Waals surface area contributed by atoms with Gasteiger partial charge in [-0.05, 0) is 12.8 Å². The number of carbonyl (C=O) groups is 1. The summed E-state index contributed by atoms with van der Waals surface area (Å²) in [5.74, 6) is 2.11.